The number of hydrogen-bond acceptors (Lipinski definition) is 5. The van der Waals surface area contributed by atoms with Gasteiger partial charge in [-0.3, -0.25) is 4.79 Å². The van der Waals surface area contributed by atoms with Crippen LogP contribution >= 0.6 is 0 Å². The largest absolute Gasteiger partial charge is 0.465 e. The van der Waals surface area contributed by atoms with Gasteiger partial charge in [0.2, 0.25) is 0 Å². The van der Waals surface area contributed by atoms with Crippen molar-refractivity contribution in [1.82, 2.24) is 0 Å². The van der Waals surface area contributed by atoms with Gasteiger partial charge in [0.15, 0.2) is 19.5 Å². The molecule has 5 nitrogen and oxygen atoms in total. The van der Waals surface area contributed by atoms with E-state index in [9.17, 15) is 4.79 Å². The lowest BCUT2D eigenvalue weighted by Crippen LogP contribution is -2.69. The van der Waals surface area contributed by atoms with Crippen LogP contribution in [-0.4, -0.2) is 45.5 Å². The third-order valence-electron chi connectivity index (χ3n) is 6.85. The maximum Gasteiger partial charge on any atom is 0.320 e. The molecule has 2 aliphatic rings. The van der Waals surface area contributed by atoms with Gasteiger partial charge in [-0.1, -0.05) is 26.3 Å². The summed E-state index contributed by atoms with van der Waals surface area (Å²) in [4.78, 5) is 13.5. The Hall–Kier alpha value is -0.693. The molecule has 1 heterocycles. The van der Waals surface area contributed by atoms with Gasteiger partial charge in [-0.25, -0.2) is 0 Å². The zero-order valence-corrected chi connectivity index (χ0v) is 20.5. The number of ether oxygens (including phenoxy) is 3. The molecule has 0 aromatic carbocycles. The van der Waals surface area contributed by atoms with Crippen molar-refractivity contribution in [2.45, 2.75) is 103 Å². The Morgan fingerprint density at radius 1 is 1.29 bits per heavy atom. The molecule has 0 aromatic heterocycles. The van der Waals surface area contributed by atoms with Crippen LogP contribution in [0.15, 0.2) is 11.6 Å². The summed E-state index contributed by atoms with van der Waals surface area (Å²) in [5.41, 5.74) is -0.194. The van der Waals surface area contributed by atoms with Crippen LogP contribution in [0.4, 0.5) is 0 Å². The van der Waals surface area contributed by atoms with E-state index in [1.807, 2.05) is 13.0 Å². The van der Waals surface area contributed by atoms with Gasteiger partial charge in [-0.15, -0.1) is 0 Å². The van der Waals surface area contributed by atoms with Crippen molar-refractivity contribution in [3.05, 3.63) is 11.6 Å². The van der Waals surface area contributed by atoms with Crippen LogP contribution in [0, 0.1) is 5.41 Å². The monoisotopic (exact) mass is 412 g/mol. The zero-order valence-electron chi connectivity index (χ0n) is 19.5. The number of esters is 1. The summed E-state index contributed by atoms with van der Waals surface area (Å²) in [6, 6.07) is 0. The molecule has 0 aromatic rings. The number of methoxy groups -OCH3 is 1. The molecule has 6 heteroatoms. The predicted molar refractivity (Wildman–Crippen MR) is 114 cm³/mol. The molecular formula is C22H40O5Si. The van der Waals surface area contributed by atoms with Crippen molar-refractivity contribution < 1.29 is 23.4 Å². The Kier molecular flexibility index (Phi) is 6.34. The van der Waals surface area contributed by atoms with Crippen LogP contribution in [0.2, 0.25) is 18.1 Å². The number of carbonyl (C=O) groups excluding carboxylic acids is 1. The first-order valence-electron chi connectivity index (χ1n) is 10.4. The van der Waals surface area contributed by atoms with Crippen LogP contribution in [0.25, 0.3) is 0 Å². The highest BCUT2D eigenvalue weighted by Crippen LogP contribution is 2.57. The number of fused-ring (bicyclic) bond motifs is 1. The van der Waals surface area contributed by atoms with Crippen molar-refractivity contribution in [3.8, 4) is 0 Å². The quantitative estimate of drug-likeness (QED) is 0.269. The van der Waals surface area contributed by atoms with Gasteiger partial charge in [0.05, 0.1) is 18.3 Å². The van der Waals surface area contributed by atoms with E-state index in [4.69, 9.17) is 18.6 Å². The lowest BCUT2D eigenvalue weighted by atomic mass is 9.62. The first-order chi connectivity index (χ1) is 12.7. The molecule has 0 N–H and O–H groups in total. The summed E-state index contributed by atoms with van der Waals surface area (Å²) in [5.74, 6) is -1.47. The molecule has 0 radical (unpaired) electrons. The van der Waals surface area contributed by atoms with Gasteiger partial charge in [0, 0.05) is 7.11 Å². The second kappa shape index (κ2) is 7.53. The lowest BCUT2D eigenvalue weighted by Gasteiger charge is -2.59. The number of rotatable bonds is 5. The summed E-state index contributed by atoms with van der Waals surface area (Å²) < 4.78 is 25.2. The van der Waals surface area contributed by atoms with Crippen molar-refractivity contribution >= 4 is 14.3 Å². The zero-order chi connectivity index (χ0) is 21.6. The third kappa shape index (κ3) is 3.85. The van der Waals surface area contributed by atoms with Crippen LogP contribution in [0.1, 0.15) is 67.7 Å². The predicted octanol–water partition coefficient (Wildman–Crippen LogP) is 5.21. The molecule has 0 saturated carbocycles. The molecule has 28 heavy (non-hydrogen) atoms. The maximum absolute atomic E-state index is 13.5. The SMILES string of the molecule is CCOC(=O)[C@]12CCC(C)(C)OC1CC(C)=CC2(OC)O[Si](C)(C)C(C)(C)C. The second-order valence-electron chi connectivity index (χ2n) is 10.5. The molecule has 3 atom stereocenters. The second-order valence-corrected chi connectivity index (χ2v) is 15.2. The molecule has 1 aliphatic heterocycles. The Bertz CT molecular complexity index is 633. The van der Waals surface area contributed by atoms with Gasteiger partial charge in [-0.05, 0) is 71.2 Å². The summed E-state index contributed by atoms with van der Waals surface area (Å²) in [6.45, 7) is 19.3. The van der Waals surface area contributed by atoms with Crippen molar-refractivity contribution in [3.63, 3.8) is 0 Å². The highest BCUT2D eigenvalue weighted by molar-refractivity contribution is 6.74. The minimum Gasteiger partial charge on any atom is -0.465 e. The standard InChI is InChI=1S/C22H40O5Si/c1-11-25-18(23)21-13-12-20(6,7)26-17(21)14-16(2)15-22(21,24-8)27-28(9,10)19(3,4)5/h15,17H,11-14H2,1-10H3/t17?,21-,22?/m0/s1. The van der Waals surface area contributed by atoms with E-state index in [1.165, 1.54) is 0 Å². The first kappa shape index (κ1) is 23.6. The Labute approximate surface area is 172 Å². The number of carbonyl (C=O) groups is 1. The highest BCUT2D eigenvalue weighted by atomic mass is 28.4. The van der Waals surface area contributed by atoms with Crippen LogP contribution in [0.5, 0.6) is 0 Å². The van der Waals surface area contributed by atoms with Gasteiger partial charge in [-0.2, -0.15) is 0 Å². The Morgan fingerprint density at radius 3 is 2.39 bits per heavy atom. The minimum absolute atomic E-state index is 0.0299. The van der Waals surface area contributed by atoms with Crippen molar-refractivity contribution in [1.29, 1.82) is 0 Å². The van der Waals surface area contributed by atoms with Crippen molar-refractivity contribution in [2.24, 2.45) is 5.41 Å². The molecule has 0 spiro atoms. The summed E-state index contributed by atoms with van der Waals surface area (Å²) in [6.07, 6.45) is 3.69. The molecule has 2 rings (SSSR count). The van der Waals surface area contributed by atoms with E-state index < -0.39 is 19.5 Å². The highest BCUT2D eigenvalue weighted by Gasteiger charge is 2.69. The van der Waals surface area contributed by atoms with E-state index in [1.54, 1.807) is 7.11 Å². The van der Waals surface area contributed by atoms with E-state index in [2.05, 4.69) is 54.6 Å². The van der Waals surface area contributed by atoms with Gasteiger partial charge < -0.3 is 18.6 Å². The molecule has 2 unspecified atom stereocenters. The van der Waals surface area contributed by atoms with Gasteiger partial charge in [0.1, 0.15) is 0 Å². The smallest absolute Gasteiger partial charge is 0.320 e. The summed E-state index contributed by atoms with van der Waals surface area (Å²) >= 11 is 0. The van der Waals surface area contributed by atoms with Gasteiger partial charge >= 0.3 is 5.97 Å². The first-order valence-corrected chi connectivity index (χ1v) is 13.4. The molecule has 0 amide bonds. The van der Waals surface area contributed by atoms with E-state index in [0.29, 0.717) is 19.4 Å². The molecule has 1 aliphatic carbocycles. The minimum atomic E-state index is -2.28. The van der Waals surface area contributed by atoms with Crippen LogP contribution < -0.4 is 0 Å². The normalized spacial score (nSPS) is 33.1. The van der Waals surface area contributed by atoms with Gasteiger partial charge in [0.25, 0.3) is 0 Å². The molecule has 0 bridgehead atoms. The average Bonchev–Trinajstić information content (AvgIpc) is 2.52. The topological polar surface area (TPSA) is 54.0 Å². The molecular weight excluding hydrogens is 372 g/mol. The van der Waals surface area contributed by atoms with Crippen LogP contribution in [0.3, 0.4) is 0 Å². The fourth-order valence-corrected chi connectivity index (χ4v) is 5.58. The third-order valence-corrected chi connectivity index (χ3v) is 11.3. The lowest BCUT2D eigenvalue weighted by molar-refractivity contribution is -0.291. The number of hydrogen-bond donors (Lipinski definition) is 0. The maximum atomic E-state index is 13.5. The fraction of sp³-hybridized carbons (Fsp3) is 0.864. The van der Waals surface area contributed by atoms with E-state index >= 15 is 0 Å². The fourth-order valence-electron chi connectivity index (χ4n) is 4.19. The van der Waals surface area contributed by atoms with Crippen LogP contribution in [-0.2, 0) is 23.4 Å². The molecule has 1 saturated heterocycles. The average molecular weight is 413 g/mol. The Balaban J connectivity index is 2.68. The molecule has 162 valence electrons. The summed E-state index contributed by atoms with van der Waals surface area (Å²) in [7, 11) is -0.637. The summed E-state index contributed by atoms with van der Waals surface area (Å²) in [5, 5.41) is -0.0299. The van der Waals surface area contributed by atoms with Crippen molar-refractivity contribution in [2.75, 3.05) is 13.7 Å². The molecule has 1 fully saturated rings. The van der Waals surface area contributed by atoms with E-state index in [-0.39, 0.29) is 22.7 Å². The Morgan fingerprint density at radius 2 is 1.89 bits per heavy atom. The van der Waals surface area contributed by atoms with E-state index in [0.717, 1.165) is 12.0 Å².